The van der Waals surface area contributed by atoms with Gasteiger partial charge in [-0.3, -0.25) is 14.3 Å². The van der Waals surface area contributed by atoms with Crippen LogP contribution in [0.5, 0.6) is 0 Å². The van der Waals surface area contributed by atoms with E-state index in [2.05, 4.69) is 72.7 Å². The van der Waals surface area contributed by atoms with Gasteiger partial charge in [0.05, 0.1) is 27.1 Å². The van der Waals surface area contributed by atoms with Crippen LogP contribution < -0.4 is 17.0 Å². The molecule has 0 radical (unpaired) electrons. The number of aliphatic hydroxyl groups excluding tert-OH is 1. The van der Waals surface area contributed by atoms with Crippen molar-refractivity contribution in [3.8, 4) is 0 Å². The van der Waals surface area contributed by atoms with Gasteiger partial charge in [0.15, 0.2) is 0 Å². The first-order valence-electron chi connectivity index (χ1n) is 11.7. The van der Waals surface area contributed by atoms with E-state index in [1.54, 1.807) is 6.92 Å². The van der Waals surface area contributed by atoms with Gasteiger partial charge in [-0.2, -0.15) is 0 Å². The first-order chi connectivity index (χ1) is 14.6. The number of aromatic amines is 1. The predicted molar refractivity (Wildman–Crippen MR) is 138 cm³/mol. The number of H-pyrrole nitrogens is 1. The number of hydrogen-bond donors (Lipinski definition) is 4. The van der Waals surface area contributed by atoms with Crippen molar-refractivity contribution in [3.63, 3.8) is 0 Å². The largest absolute Gasteiger partial charge is 0.393 e. The van der Waals surface area contributed by atoms with Crippen molar-refractivity contribution in [1.29, 1.82) is 0 Å². The number of rotatable bonds is 5. The minimum Gasteiger partial charge on any atom is -0.393 e. The van der Waals surface area contributed by atoms with Crippen LogP contribution in [0.2, 0.25) is 36.3 Å². The van der Waals surface area contributed by atoms with E-state index in [0.717, 1.165) is 0 Å². The molecule has 0 saturated carbocycles. The van der Waals surface area contributed by atoms with Gasteiger partial charge in [-0.15, -0.1) is 0 Å². The summed E-state index contributed by atoms with van der Waals surface area (Å²) in [7, 11) is -5.13. The molecule has 1 aliphatic rings. The third kappa shape index (κ3) is 4.06. The summed E-state index contributed by atoms with van der Waals surface area (Å²) in [6.07, 6.45) is 0.705. The lowest BCUT2D eigenvalue weighted by molar-refractivity contribution is -0.153. The van der Waals surface area contributed by atoms with Gasteiger partial charge in [-0.05, 0) is 17.0 Å². The van der Waals surface area contributed by atoms with Crippen LogP contribution >= 0.6 is 0 Å². The number of aryl methyl sites for hydroxylation is 1. The van der Waals surface area contributed by atoms with E-state index in [4.69, 9.17) is 10.5 Å². The molecule has 4 atom stereocenters. The fourth-order valence-corrected chi connectivity index (χ4v) is 10.6. The third-order valence-corrected chi connectivity index (χ3v) is 21.4. The molecule has 1 saturated heterocycles. The highest BCUT2D eigenvalue weighted by molar-refractivity contribution is 6.84. The second-order valence-corrected chi connectivity index (χ2v) is 24.0. The van der Waals surface area contributed by atoms with Crippen molar-refractivity contribution in [2.75, 3.05) is 6.54 Å². The number of nitrogens with two attached hydrogens (primary N) is 1. The van der Waals surface area contributed by atoms with Gasteiger partial charge in [0.1, 0.15) is 11.8 Å². The Bertz CT molecular complexity index is 1010. The molecule has 1 unspecified atom stereocenters. The maximum absolute atomic E-state index is 12.7. The Labute approximate surface area is 199 Å². The molecule has 1 aromatic rings. The SMILES string of the molecule is Cc1cn([C@H]2C[C@@](O)([Si](C)(C)C(C)(C)C)[C@@](CN)(C(O)[Si](C)(C)C(C)(C)C)O2)c(=O)[nH]c1=O. The van der Waals surface area contributed by atoms with Crippen LogP contribution in [-0.2, 0) is 4.74 Å². The van der Waals surface area contributed by atoms with Crippen LogP contribution in [0.4, 0.5) is 0 Å². The maximum Gasteiger partial charge on any atom is 0.330 e. The van der Waals surface area contributed by atoms with Gasteiger partial charge in [-0.25, -0.2) is 4.79 Å². The highest BCUT2D eigenvalue weighted by atomic mass is 28.3. The van der Waals surface area contributed by atoms with E-state index in [1.807, 2.05) is 0 Å². The number of hydrogen-bond acceptors (Lipinski definition) is 6. The van der Waals surface area contributed by atoms with Crippen molar-refractivity contribution in [3.05, 3.63) is 32.6 Å². The number of nitrogens with one attached hydrogen (secondary N) is 1. The number of aromatic nitrogens is 2. The molecule has 0 aliphatic carbocycles. The second-order valence-electron chi connectivity index (χ2n) is 13.0. The number of ether oxygens (including phenoxy) is 1. The average molecular weight is 500 g/mol. The van der Waals surface area contributed by atoms with Gasteiger partial charge in [-0.1, -0.05) is 67.7 Å². The molecule has 2 rings (SSSR count). The quantitative estimate of drug-likeness (QED) is 0.461. The van der Waals surface area contributed by atoms with Crippen LogP contribution in [0.1, 0.15) is 59.8 Å². The minimum absolute atomic E-state index is 0.0860. The monoisotopic (exact) mass is 499 g/mol. The summed E-state index contributed by atoms with van der Waals surface area (Å²) in [5, 5.41) is 22.8. The summed E-state index contributed by atoms with van der Waals surface area (Å²) < 4.78 is 7.91. The molecule has 1 fully saturated rings. The second kappa shape index (κ2) is 8.27. The number of nitrogens with zero attached hydrogens (tertiary/aromatic N) is 1. The summed E-state index contributed by atoms with van der Waals surface area (Å²) in [5.74, 6) is 0. The Balaban J connectivity index is 2.85. The Hall–Kier alpha value is -1.05. The first-order valence-corrected chi connectivity index (χ1v) is 17.8. The lowest BCUT2D eigenvalue weighted by Gasteiger charge is -2.58. The Morgan fingerprint density at radius 1 is 1.18 bits per heavy atom. The molecule has 0 spiro atoms. The highest BCUT2D eigenvalue weighted by Gasteiger charge is 2.73. The van der Waals surface area contributed by atoms with Crippen LogP contribution in [0.3, 0.4) is 0 Å². The smallest absolute Gasteiger partial charge is 0.330 e. The van der Waals surface area contributed by atoms with Crippen molar-refractivity contribution in [2.24, 2.45) is 5.73 Å². The van der Waals surface area contributed by atoms with E-state index in [1.165, 1.54) is 10.8 Å². The van der Waals surface area contributed by atoms with Gasteiger partial charge in [0.2, 0.25) is 0 Å². The molecule has 0 aromatic carbocycles. The molecule has 33 heavy (non-hydrogen) atoms. The predicted octanol–water partition coefficient (Wildman–Crippen LogP) is 2.65. The van der Waals surface area contributed by atoms with Crippen LogP contribution in [-0.4, -0.2) is 59.0 Å². The molecule has 5 N–H and O–H groups in total. The van der Waals surface area contributed by atoms with E-state index in [-0.39, 0.29) is 23.0 Å². The summed E-state index contributed by atoms with van der Waals surface area (Å²) in [6, 6.07) is 0. The Morgan fingerprint density at radius 3 is 2.12 bits per heavy atom. The summed E-state index contributed by atoms with van der Waals surface area (Å²) in [4.78, 5) is 27.0. The van der Waals surface area contributed by atoms with Crippen molar-refractivity contribution in [2.45, 2.75) is 114 Å². The lowest BCUT2D eigenvalue weighted by atomic mass is 9.96. The Kier molecular flexibility index (Phi) is 7.06. The van der Waals surface area contributed by atoms with Gasteiger partial charge in [0.25, 0.3) is 5.56 Å². The maximum atomic E-state index is 12.7. The minimum atomic E-state index is -2.64. The molecule has 1 aromatic heterocycles. The van der Waals surface area contributed by atoms with Gasteiger partial charge < -0.3 is 20.7 Å². The van der Waals surface area contributed by atoms with Crippen molar-refractivity contribution < 1.29 is 14.9 Å². The lowest BCUT2D eigenvalue weighted by Crippen LogP contribution is -2.78. The normalized spacial score (nSPS) is 28.2. The standard InChI is InChI=1S/C23H45N3O5Si2/c1-15-13-26(19(29)25-17(15)27)16-12-23(30,33(10,11)21(5,6)7)22(14-24,31-16)18(28)32(8,9)20(2,3)4/h13,16,18,28,30H,12,14,24H2,1-11H3,(H,25,27,29)/t16-,18?,22-,23-/m1/s1. The van der Waals surface area contributed by atoms with Gasteiger partial charge >= 0.3 is 5.69 Å². The molecule has 1 aliphatic heterocycles. The third-order valence-electron chi connectivity index (χ3n) is 9.24. The molecular formula is C23H45N3O5Si2. The van der Waals surface area contributed by atoms with Crippen LogP contribution in [0.25, 0.3) is 0 Å². The zero-order valence-corrected chi connectivity index (χ0v) is 24.3. The molecular weight excluding hydrogens is 454 g/mol. The summed E-state index contributed by atoms with van der Waals surface area (Å²) >= 11 is 0. The molecule has 190 valence electrons. The van der Waals surface area contributed by atoms with E-state index in [9.17, 15) is 19.8 Å². The first kappa shape index (κ1) is 28.2. The average Bonchev–Trinajstić information content (AvgIpc) is 2.97. The summed E-state index contributed by atoms with van der Waals surface area (Å²) in [5.41, 5.74) is 3.27. The highest BCUT2D eigenvalue weighted by Crippen LogP contribution is 2.58. The topological polar surface area (TPSA) is 131 Å². The fourth-order valence-electron chi connectivity index (χ4n) is 4.78. The fraction of sp³-hybridized carbons (Fsp3) is 0.826. The summed E-state index contributed by atoms with van der Waals surface area (Å²) in [6.45, 7) is 22.5. The van der Waals surface area contributed by atoms with Crippen LogP contribution in [0.15, 0.2) is 15.8 Å². The van der Waals surface area contributed by atoms with Crippen molar-refractivity contribution in [1.82, 2.24) is 9.55 Å². The molecule has 2 heterocycles. The zero-order valence-electron chi connectivity index (χ0n) is 22.3. The molecule has 10 heteroatoms. The molecule has 0 amide bonds. The van der Waals surface area contributed by atoms with E-state index >= 15 is 0 Å². The van der Waals surface area contributed by atoms with E-state index < -0.39 is 50.2 Å². The van der Waals surface area contributed by atoms with Crippen LogP contribution in [0, 0.1) is 6.92 Å². The zero-order chi connectivity index (χ0) is 26.0. The number of aliphatic hydroxyl groups is 2. The Morgan fingerprint density at radius 2 is 1.70 bits per heavy atom. The van der Waals surface area contributed by atoms with Gasteiger partial charge in [0, 0.05) is 24.7 Å². The van der Waals surface area contributed by atoms with E-state index in [0.29, 0.717) is 5.56 Å². The molecule has 0 bridgehead atoms. The molecule has 8 nitrogen and oxygen atoms in total. The van der Waals surface area contributed by atoms with Crippen molar-refractivity contribution >= 4 is 16.1 Å².